The molecule has 2 aliphatic carbocycles. The second-order valence-corrected chi connectivity index (χ2v) is 16.1. The Labute approximate surface area is 344 Å². The highest BCUT2D eigenvalue weighted by Gasteiger charge is 2.45. The van der Waals surface area contributed by atoms with Crippen LogP contribution in [0, 0.1) is 5.92 Å². The Morgan fingerprint density at radius 3 is 1.51 bits per heavy atom. The van der Waals surface area contributed by atoms with Gasteiger partial charge in [-0.15, -0.1) is 0 Å². The number of nitrogens with zero attached hydrogens (tertiary/aromatic N) is 5. The van der Waals surface area contributed by atoms with Crippen molar-refractivity contribution in [2.45, 2.75) is 37.5 Å². The molecule has 0 radical (unpaired) electrons. The van der Waals surface area contributed by atoms with Crippen LogP contribution in [0.5, 0.6) is 0 Å². The molecule has 9 aromatic rings. The van der Waals surface area contributed by atoms with Crippen LogP contribution in [0.4, 0.5) is 0 Å². The Balaban J connectivity index is 1.06. The van der Waals surface area contributed by atoms with Gasteiger partial charge in [0.05, 0.1) is 11.4 Å². The fourth-order valence-electron chi connectivity index (χ4n) is 9.65. The summed E-state index contributed by atoms with van der Waals surface area (Å²) >= 11 is 0. The van der Waals surface area contributed by atoms with Crippen LogP contribution < -0.4 is 0 Å². The molecule has 0 aliphatic heterocycles. The highest BCUT2D eigenvalue weighted by molar-refractivity contribution is 6.03. The minimum Gasteiger partial charge on any atom is -0.228 e. The Bertz CT molecular complexity index is 2960. The highest BCUT2D eigenvalue weighted by Crippen LogP contribution is 2.55. The fourth-order valence-corrected chi connectivity index (χ4v) is 9.65. The topological polar surface area (TPSA) is 64.5 Å². The molecule has 2 aliphatic rings. The summed E-state index contributed by atoms with van der Waals surface area (Å²) in [6.45, 7) is 0. The lowest BCUT2D eigenvalue weighted by Crippen LogP contribution is -2.19. The number of hydrogen-bond donors (Lipinski definition) is 0. The van der Waals surface area contributed by atoms with Gasteiger partial charge in [0.25, 0.3) is 0 Å². The molecule has 2 aromatic heterocycles. The van der Waals surface area contributed by atoms with E-state index in [1.54, 1.807) is 0 Å². The van der Waals surface area contributed by atoms with Crippen molar-refractivity contribution in [1.29, 1.82) is 0 Å². The maximum Gasteiger partial charge on any atom is 0.164 e. The van der Waals surface area contributed by atoms with Crippen LogP contribution in [0.15, 0.2) is 182 Å². The summed E-state index contributed by atoms with van der Waals surface area (Å²) in [6.07, 6.45) is 6.69. The molecule has 0 saturated heterocycles. The van der Waals surface area contributed by atoms with E-state index in [0.29, 0.717) is 22.9 Å². The molecule has 0 N–H and O–H groups in total. The van der Waals surface area contributed by atoms with Crippen LogP contribution in [-0.4, -0.2) is 24.9 Å². The largest absolute Gasteiger partial charge is 0.228 e. The summed E-state index contributed by atoms with van der Waals surface area (Å²) in [6, 6.07) is 63.4. The third kappa shape index (κ3) is 6.49. The van der Waals surface area contributed by atoms with Gasteiger partial charge in [0.15, 0.2) is 23.3 Å². The summed E-state index contributed by atoms with van der Waals surface area (Å²) in [5, 5.41) is 2.10. The quantitative estimate of drug-likeness (QED) is 0.154. The standard InChI is InChI=1S/C54H41N5/c1-4-14-37(15-5-1)42-20-10-11-21-46(42)52-57-51(39-18-8-3-9-19-39)58-53(59-52)47-25-13-22-43-44(47)23-12-24-45(43)49-34-48(38-16-6-2-7-17-38)55-50(56-49)40-26-28-41(29-27-40)54-32-30-36(35-54)31-33-54/h1-29,34,36H,30-33,35H2. The number of hydrogen-bond acceptors (Lipinski definition) is 5. The molecule has 282 valence electrons. The smallest absolute Gasteiger partial charge is 0.164 e. The SMILES string of the molecule is c1ccc(-c2cc(-c3cccc4c(-c5nc(-c6ccccc6)nc(-c6ccccc6-c6ccccc6)n5)cccc34)nc(-c3ccc(C45CCC(CC4)C5)cc3)n2)cc1. The van der Waals surface area contributed by atoms with Gasteiger partial charge in [-0.2, -0.15) is 0 Å². The van der Waals surface area contributed by atoms with Gasteiger partial charge in [-0.05, 0) is 77.0 Å². The van der Waals surface area contributed by atoms with E-state index in [1.165, 1.54) is 37.7 Å². The molecule has 2 fully saturated rings. The van der Waals surface area contributed by atoms with Crippen LogP contribution in [0.25, 0.3) is 90.0 Å². The van der Waals surface area contributed by atoms with Gasteiger partial charge in [0, 0.05) is 33.4 Å². The molecule has 11 rings (SSSR count). The molecule has 0 amide bonds. The molecule has 0 spiro atoms. The number of aromatic nitrogens is 5. The summed E-state index contributed by atoms with van der Waals surface area (Å²) in [7, 11) is 0. The first-order valence-electron chi connectivity index (χ1n) is 20.7. The Morgan fingerprint density at radius 1 is 0.356 bits per heavy atom. The number of fused-ring (bicyclic) bond motifs is 3. The van der Waals surface area contributed by atoms with E-state index < -0.39 is 0 Å². The zero-order valence-corrected chi connectivity index (χ0v) is 32.7. The minimum absolute atomic E-state index is 0.355. The maximum atomic E-state index is 5.32. The molecular formula is C54H41N5. The summed E-state index contributed by atoms with van der Waals surface area (Å²) in [5.74, 6) is 3.49. The lowest BCUT2D eigenvalue weighted by atomic mass is 9.77. The van der Waals surface area contributed by atoms with Crippen molar-refractivity contribution in [3.05, 3.63) is 188 Å². The zero-order valence-electron chi connectivity index (χ0n) is 32.7. The van der Waals surface area contributed by atoms with Crippen molar-refractivity contribution in [3.63, 3.8) is 0 Å². The molecule has 7 aromatic carbocycles. The minimum atomic E-state index is 0.355. The van der Waals surface area contributed by atoms with Crippen LogP contribution in [-0.2, 0) is 5.41 Å². The normalized spacial score (nSPS) is 17.1. The predicted molar refractivity (Wildman–Crippen MR) is 239 cm³/mol. The van der Waals surface area contributed by atoms with Gasteiger partial charge in [-0.25, -0.2) is 24.9 Å². The first-order valence-corrected chi connectivity index (χ1v) is 20.7. The van der Waals surface area contributed by atoms with Crippen LogP contribution in [0.3, 0.4) is 0 Å². The van der Waals surface area contributed by atoms with E-state index in [9.17, 15) is 0 Å². The van der Waals surface area contributed by atoms with Crippen molar-refractivity contribution in [2.75, 3.05) is 0 Å². The lowest BCUT2D eigenvalue weighted by Gasteiger charge is -2.27. The van der Waals surface area contributed by atoms with Gasteiger partial charge >= 0.3 is 0 Å². The highest BCUT2D eigenvalue weighted by atomic mass is 15.0. The summed E-state index contributed by atoms with van der Waals surface area (Å²) in [4.78, 5) is 26.0. The van der Waals surface area contributed by atoms with Gasteiger partial charge in [0.1, 0.15) is 0 Å². The van der Waals surface area contributed by atoms with Crippen LogP contribution in [0.2, 0.25) is 0 Å². The third-order valence-electron chi connectivity index (χ3n) is 12.7. The fraction of sp³-hybridized carbons (Fsp3) is 0.130. The molecule has 59 heavy (non-hydrogen) atoms. The van der Waals surface area contributed by atoms with Crippen molar-refractivity contribution in [3.8, 4) is 79.2 Å². The molecular weight excluding hydrogens is 719 g/mol. The average molecular weight is 760 g/mol. The van der Waals surface area contributed by atoms with Crippen molar-refractivity contribution in [2.24, 2.45) is 5.92 Å². The van der Waals surface area contributed by atoms with E-state index in [0.717, 1.165) is 78.4 Å². The summed E-state index contributed by atoms with van der Waals surface area (Å²) < 4.78 is 0. The first-order chi connectivity index (χ1) is 29.2. The van der Waals surface area contributed by atoms with Crippen molar-refractivity contribution in [1.82, 2.24) is 24.9 Å². The Morgan fingerprint density at radius 2 is 0.847 bits per heavy atom. The average Bonchev–Trinajstić information content (AvgIpc) is 3.95. The van der Waals surface area contributed by atoms with Gasteiger partial charge in [0.2, 0.25) is 0 Å². The first kappa shape index (κ1) is 35.1. The Hall–Kier alpha value is -7.11. The van der Waals surface area contributed by atoms with Gasteiger partial charge in [-0.1, -0.05) is 176 Å². The molecule has 0 atom stereocenters. The van der Waals surface area contributed by atoms with E-state index >= 15 is 0 Å². The zero-order chi connectivity index (χ0) is 39.2. The van der Waals surface area contributed by atoms with Crippen LogP contribution >= 0.6 is 0 Å². The molecule has 2 heterocycles. The van der Waals surface area contributed by atoms with Gasteiger partial charge in [-0.3, -0.25) is 0 Å². The molecule has 2 bridgehead atoms. The number of benzene rings is 7. The van der Waals surface area contributed by atoms with E-state index in [1.807, 2.05) is 36.4 Å². The van der Waals surface area contributed by atoms with E-state index in [4.69, 9.17) is 24.9 Å². The monoisotopic (exact) mass is 759 g/mol. The van der Waals surface area contributed by atoms with Crippen LogP contribution in [0.1, 0.15) is 37.7 Å². The maximum absolute atomic E-state index is 5.32. The second kappa shape index (κ2) is 14.7. The third-order valence-corrected chi connectivity index (χ3v) is 12.7. The lowest BCUT2D eigenvalue weighted by molar-refractivity contribution is 0.419. The van der Waals surface area contributed by atoms with Crippen molar-refractivity contribution < 1.29 is 0 Å². The van der Waals surface area contributed by atoms with E-state index in [2.05, 4.69) is 146 Å². The van der Waals surface area contributed by atoms with Gasteiger partial charge < -0.3 is 0 Å². The molecule has 2 saturated carbocycles. The molecule has 0 unspecified atom stereocenters. The molecule has 5 nitrogen and oxygen atoms in total. The van der Waals surface area contributed by atoms with E-state index in [-0.39, 0.29) is 0 Å². The second-order valence-electron chi connectivity index (χ2n) is 16.1. The summed E-state index contributed by atoms with van der Waals surface area (Å²) in [5.41, 5.74) is 11.7. The van der Waals surface area contributed by atoms with Crippen molar-refractivity contribution >= 4 is 10.8 Å². The molecule has 5 heteroatoms. The number of rotatable bonds is 8. The predicted octanol–water partition coefficient (Wildman–Crippen LogP) is 13.3. The Kier molecular flexibility index (Phi) is 8.73.